The fourth-order valence-electron chi connectivity index (χ4n) is 2.08. The van der Waals surface area contributed by atoms with E-state index in [0.29, 0.717) is 17.0 Å². The predicted octanol–water partition coefficient (Wildman–Crippen LogP) is 3.53. The van der Waals surface area contributed by atoms with Crippen LogP contribution in [0.3, 0.4) is 0 Å². The Morgan fingerprint density at radius 3 is 2.75 bits per heavy atom. The molecule has 2 aromatic rings. The summed E-state index contributed by atoms with van der Waals surface area (Å²) in [6.07, 6.45) is 0. The van der Waals surface area contributed by atoms with Gasteiger partial charge in [-0.1, -0.05) is 24.3 Å². The molecule has 126 valence electrons. The van der Waals surface area contributed by atoms with Crippen LogP contribution in [0.15, 0.2) is 48.5 Å². The molecule has 0 saturated heterocycles. The minimum atomic E-state index is -0.961. The molecular weight excluding hydrogens is 332 g/mol. The van der Waals surface area contributed by atoms with Gasteiger partial charge in [0.25, 0.3) is 5.69 Å². The highest BCUT2D eigenvalue weighted by Gasteiger charge is 2.18. The Labute approximate surface area is 142 Å². The summed E-state index contributed by atoms with van der Waals surface area (Å²) in [7, 11) is 1.53. The van der Waals surface area contributed by atoms with Gasteiger partial charge in [0.2, 0.25) is 0 Å². The van der Waals surface area contributed by atoms with E-state index in [2.05, 4.69) is 5.32 Å². The smallest absolute Gasteiger partial charge is 0.313 e. The molecule has 0 radical (unpaired) electrons. The lowest BCUT2D eigenvalue weighted by Gasteiger charge is -2.20. The molecule has 0 spiro atoms. The zero-order valence-electron chi connectivity index (χ0n) is 12.8. The van der Waals surface area contributed by atoms with Gasteiger partial charge < -0.3 is 15.2 Å². The van der Waals surface area contributed by atoms with E-state index in [-0.39, 0.29) is 11.4 Å². The van der Waals surface area contributed by atoms with Gasteiger partial charge in [0, 0.05) is 12.1 Å². The summed E-state index contributed by atoms with van der Waals surface area (Å²) in [5.74, 6) is -0.503. The number of hydrogen-bond donors (Lipinski definition) is 2. The number of nitrogens with zero attached hydrogens (tertiary/aromatic N) is 1. The number of rotatable bonds is 8. The highest BCUT2D eigenvalue weighted by Crippen LogP contribution is 2.35. The maximum atomic E-state index is 11.0. The van der Waals surface area contributed by atoms with Crippen LogP contribution in [-0.4, -0.2) is 28.9 Å². The molecule has 0 saturated carbocycles. The molecule has 0 aliphatic rings. The Morgan fingerprint density at radius 2 is 2.08 bits per heavy atom. The van der Waals surface area contributed by atoms with Crippen molar-refractivity contribution < 1.29 is 19.6 Å². The number of ether oxygens (including phenoxy) is 1. The normalized spacial score (nSPS) is 11.5. The van der Waals surface area contributed by atoms with Crippen molar-refractivity contribution in [1.82, 2.24) is 0 Å². The number of hydrogen-bond acceptors (Lipinski definition) is 6. The number of nitro benzene ring substituents is 1. The summed E-state index contributed by atoms with van der Waals surface area (Å²) >= 11 is 1.13. The van der Waals surface area contributed by atoms with Crippen molar-refractivity contribution in [2.24, 2.45) is 0 Å². The zero-order chi connectivity index (χ0) is 17.5. The Kier molecular flexibility index (Phi) is 6.02. The largest absolute Gasteiger partial charge is 0.495 e. The number of thioether (sulfide) groups is 1. The van der Waals surface area contributed by atoms with E-state index in [1.54, 1.807) is 24.3 Å². The molecule has 0 aliphatic carbocycles. The molecule has 0 aromatic heterocycles. The monoisotopic (exact) mass is 348 g/mol. The summed E-state index contributed by atoms with van der Waals surface area (Å²) in [6, 6.07) is 13.3. The van der Waals surface area contributed by atoms with Gasteiger partial charge in [-0.3, -0.25) is 14.9 Å². The minimum absolute atomic E-state index is 0.0461. The van der Waals surface area contributed by atoms with Crippen molar-refractivity contribution in [3.05, 3.63) is 64.2 Å². The van der Waals surface area contributed by atoms with Crippen molar-refractivity contribution in [3.8, 4) is 5.75 Å². The lowest BCUT2D eigenvalue weighted by Crippen LogP contribution is -2.11. The first-order chi connectivity index (χ1) is 11.5. The number of carbonyl (C=O) groups is 1. The van der Waals surface area contributed by atoms with Gasteiger partial charge >= 0.3 is 5.97 Å². The van der Waals surface area contributed by atoms with Gasteiger partial charge in [-0.15, -0.1) is 11.8 Å². The number of non-ortho nitro benzene ring substituents is 1. The van der Waals surface area contributed by atoms with Crippen molar-refractivity contribution in [2.45, 2.75) is 5.37 Å². The first-order valence-electron chi connectivity index (χ1n) is 6.98. The van der Waals surface area contributed by atoms with Gasteiger partial charge in [0.05, 0.1) is 28.8 Å². The van der Waals surface area contributed by atoms with Gasteiger partial charge in [0.1, 0.15) is 5.75 Å². The number of methoxy groups -OCH3 is 1. The second kappa shape index (κ2) is 8.21. The second-order valence-electron chi connectivity index (χ2n) is 4.78. The van der Waals surface area contributed by atoms with Crippen LogP contribution in [-0.2, 0) is 4.79 Å². The quantitative estimate of drug-likeness (QED) is 0.427. The van der Waals surface area contributed by atoms with Gasteiger partial charge in [0.15, 0.2) is 0 Å². The van der Waals surface area contributed by atoms with Crippen LogP contribution < -0.4 is 10.1 Å². The van der Waals surface area contributed by atoms with Crippen molar-refractivity contribution in [2.75, 3.05) is 18.2 Å². The fraction of sp³-hybridized carbons (Fsp3) is 0.188. The molecule has 0 bridgehead atoms. The summed E-state index contributed by atoms with van der Waals surface area (Å²) in [6.45, 7) is 0. The highest BCUT2D eigenvalue weighted by molar-refractivity contribution is 8.00. The maximum Gasteiger partial charge on any atom is 0.313 e. The van der Waals surface area contributed by atoms with Crippen LogP contribution in [0.2, 0.25) is 0 Å². The molecule has 2 rings (SSSR count). The van der Waals surface area contributed by atoms with Crippen LogP contribution in [0, 0.1) is 10.1 Å². The zero-order valence-corrected chi connectivity index (χ0v) is 13.7. The second-order valence-corrected chi connectivity index (χ2v) is 5.87. The molecule has 1 atom stereocenters. The topological polar surface area (TPSA) is 102 Å². The molecule has 7 nitrogen and oxygen atoms in total. The average Bonchev–Trinajstić information content (AvgIpc) is 2.58. The third kappa shape index (κ3) is 4.63. The standard InChI is InChI=1S/C16H16N2O5S/c1-23-14-8-3-2-7-13(14)17-16(24-10-15(19)20)11-5-4-6-12(9-11)18(21)22/h2-9,16-17H,10H2,1H3,(H,19,20)/t16-/m0/s1. The number of aliphatic carboxylic acids is 1. The van der Waals surface area contributed by atoms with E-state index in [1.807, 2.05) is 12.1 Å². The summed E-state index contributed by atoms with van der Waals surface area (Å²) < 4.78 is 5.27. The van der Waals surface area contributed by atoms with E-state index in [9.17, 15) is 14.9 Å². The van der Waals surface area contributed by atoms with Crippen LogP contribution in [0.4, 0.5) is 11.4 Å². The third-order valence-corrected chi connectivity index (χ3v) is 4.29. The number of nitrogens with one attached hydrogen (secondary N) is 1. The Morgan fingerprint density at radius 1 is 1.33 bits per heavy atom. The SMILES string of the molecule is COc1ccccc1N[C@@H](SCC(=O)O)c1cccc([N+](=O)[O-])c1. The number of carboxylic acids is 1. The van der Waals surface area contributed by atoms with Crippen LogP contribution in [0.25, 0.3) is 0 Å². The lowest BCUT2D eigenvalue weighted by atomic mass is 10.2. The molecule has 2 aromatic carbocycles. The van der Waals surface area contributed by atoms with Crippen molar-refractivity contribution >= 4 is 29.1 Å². The summed E-state index contributed by atoms with van der Waals surface area (Å²) in [4.78, 5) is 21.4. The molecule has 0 heterocycles. The van der Waals surface area contributed by atoms with E-state index in [0.717, 1.165) is 11.8 Å². The molecule has 0 amide bonds. The Bertz CT molecular complexity index is 738. The Balaban J connectivity index is 2.32. The van der Waals surface area contributed by atoms with Crippen molar-refractivity contribution in [1.29, 1.82) is 0 Å². The fourth-order valence-corrected chi connectivity index (χ4v) is 2.94. The van der Waals surface area contributed by atoms with Gasteiger partial charge in [-0.25, -0.2) is 0 Å². The molecule has 2 N–H and O–H groups in total. The minimum Gasteiger partial charge on any atom is -0.495 e. The molecule has 0 unspecified atom stereocenters. The number of carboxylic acid groups (broad SMARTS) is 1. The van der Waals surface area contributed by atoms with Crippen molar-refractivity contribution in [3.63, 3.8) is 0 Å². The molecule has 0 aliphatic heterocycles. The van der Waals surface area contributed by atoms with E-state index in [1.165, 1.54) is 19.2 Å². The average molecular weight is 348 g/mol. The van der Waals surface area contributed by atoms with E-state index < -0.39 is 16.3 Å². The molecule has 0 fully saturated rings. The first-order valence-corrected chi connectivity index (χ1v) is 8.03. The Hall–Kier alpha value is -2.74. The predicted molar refractivity (Wildman–Crippen MR) is 92.5 cm³/mol. The van der Waals surface area contributed by atoms with Crippen LogP contribution in [0.5, 0.6) is 5.75 Å². The van der Waals surface area contributed by atoms with E-state index >= 15 is 0 Å². The lowest BCUT2D eigenvalue weighted by molar-refractivity contribution is -0.384. The van der Waals surface area contributed by atoms with Gasteiger partial charge in [-0.05, 0) is 17.7 Å². The number of benzene rings is 2. The summed E-state index contributed by atoms with van der Waals surface area (Å²) in [5, 5.41) is 22.6. The number of para-hydroxylation sites is 2. The van der Waals surface area contributed by atoms with Crippen LogP contribution in [0.1, 0.15) is 10.9 Å². The maximum absolute atomic E-state index is 11.0. The number of nitro groups is 1. The molecular formula is C16H16N2O5S. The molecule has 8 heteroatoms. The van der Waals surface area contributed by atoms with Crippen LogP contribution >= 0.6 is 11.8 Å². The van der Waals surface area contributed by atoms with E-state index in [4.69, 9.17) is 9.84 Å². The number of anilines is 1. The highest BCUT2D eigenvalue weighted by atomic mass is 32.2. The third-order valence-electron chi connectivity index (χ3n) is 3.15. The molecule has 24 heavy (non-hydrogen) atoms. The first kappa shape index (κ1) is 17.6. The van der Waals surface area contributed by atoms with Gasteiger partial charge in [-0.2, -0.15) is 0 Å². The summed E-state index contributed by atoms with van der Waals surface area (Å²) in [5.41, 5.74) is 1.24.